The summed E-state index contributed by atoms with van der Waals surface area (Å²) in [6.45, 7) is 2.18. The molecule has 0 heterocycles. The van der Waals surface area contributed by atoms with Gasteiger partial charge in [0.15, 0.2) is 0 Å². The van der Waals surface area contributed by atoms with Crippen LogP contribution in [0.25, 0.3) is 0 Å². The van der Waals surface area contributed by atoms with Gasteiger partial charge in [0.25, 0.3) is 0 Å². The number of aliphatic hydroxyl groups is 1. The largest absolute Gasteiger partial charge is 0.396 e. The van der Waals surface area contributed by atoms with Gasteiger partial charge < -0.3 is 10.8 Å². The maximum Gasteiger partial charge on any atom is 0.0525 e. The van der Waals surface area contributed by atoms with Gasteiger partial charge in [-0.05, 0) is 18.6 Å². The van der Waals surface area contributed by atoms with E-state index in [1.807, 2.05) is 31.2 Å². The standard InChI is InChI=1S/C10H15NOS/c1-8(11)9-4-2-3-5-10(9)13-7-6-12/h2-5,8,12H,6-7,11H2,1H3/t8-/m0/s1. The van der Waals surface area contributed by atoms with E-state index in [0.29, 0.717) is 0 Å². The fourth-order valence-electron chi connectivity index (χ4n) is 1.14. The van der Waals surface area contributed by atoms with Gasteiger partial charge >= 0.3 is 0 Å². The predicted molar refractivity (Wildman–Crippen MR) is 56.9 cm³/mol. The Labute approximate surface area is 83.1 Å². The zero-order valence-electron chi connectivity index (χ0n) is 7.73. The van der Waals surface area contributed by atoms with Gasteiger partial charge in [0, 0.05) is 16.7 Å². The van der Waals surface area contributed by atoms with Crippen molar-refractivity contribution in [3.05, 3.63) is 29.8 Å². The van der Waals surface area contributed by atoms with Gasteiger partial charge in [-0.25, -0.2) is 0 Å². The van der Waals surface area contributed by atoms with Crippen LogP contribution in [0.2, 0.25) is 0 Å². The third-order valence-corrected chi connectivity index (χ3v) is 2.83. The zero-order valence-corrected chi connectivity index (χ0v) is 8.55. The molecule has 72 valence electrons. The molecule has 0 fully saturated rings. The second kappa shape index (κ2) is 5.27. The molecule has 0 aliphatic rings. The molecule has 1 aromatic carbocycles. The number of hydrogen-bond donors (Lipinski definition) is 2. The van der Waals surface area contributed by atoms with E-state index in [9.17, 15) is 0 Å². The van der Waals surface area contributed by atoms with E-state index < -0.39 is 0 Å². The summed E-state index contributed by atoms with van der Waals surface area (Å²) in [4.78, 5) is 1.17. The van der Waals surface area contributed by atoms with E-state index in [-0.39, 0.29) is 12.6 Å². The van der Waals surface area contributed by atoms with Crippen molar-refractivity contribution >= 4 is 11.8 Å². The lowest BCUT2D eigenvalue weighted by atomic mass is 10.1. The number of thioether (sulfide) groups is 1. The third kappa shape index (κ3) is 3.03. The maximum absolute atomic E-state index is 8.70. The Morgan fingerprint density at radius 1 is 1.46 bits per heavy atom. The second-order valence-corrected chi connectivity index (χ2v) is 4.04. The van der Waals surface area contributed by atoms with Crippen molar-refractivity contribution in [1.29, 1.82) is 0 Å². The van der Waals surface area contributed by atoms with Crippen LogP contribution in [0.1, 0.15) is 18.5 Å². The van der Waals surface area contributed by atoms with Gasteiger partial charge in [0.05, 0.1) is 6.61 Å². The number of aliphatic hydroxyl groups excluding tert-OH is 1. The number of hydrogen-bond acceptors (Lipinski definition) is 3. The smallest absolute Gasteiger partial charge is 0.0525 e. The van der Waals surface area contributed by atoms with E-state index in [2.05, 4.69) is 0 Å². The molecule has 1 atom stereocenters. The molecular formula is C10H15NOS. The molecule has 0 bridgehead atoms. The Hall–Kier alpha value is -0.510. The van der Waals surface area contributed by atoms with Crippen LogP contribution in [0.15, 0.2) is 29.2 Å². The Bertz CT molecular complexity index is 263. The van der Waals surface area contributed by atoms with Crippen LogP contribution >= 0.6 is 11.8 Å². The molecule has 0 aliphatic carbocycles. The van der Waals surface area contributed by atoms with Gasteiger partial charge in [0.2, 0.25) is 0 Å². The first kappa shape index (κ1) is 10.6. The quantitative estimate of drug-likeness (QED) is 0.723. The highest BCUT2D eigenvalue weighted by Gasteiger charge is 2.05. The first-order chi connectivity index (χ1) is 6.25. The van der Waals surface area contributed by atoms with Crippen molar-refractivity contribution in [2.75, 3.05) is 12.4 Å². The Balaban J connectivity index is 2.78. The molecule has 1 rings (SSSR count). The Kier molecular flexibility index (Phi) is 4.28. The SMILES string of the molecule is C[C@H](N)c1ccccc1SCCO. The van der Waals surface area contributed by atoms with Gasteiger partial charge in [-0.2, -0.15) is 0 Å². The lowest BCUT2D eigenvalue weighted by Crippen LogP contribution is -2.06. The summed E-state index contributed by atoms with van der Waals surface area (Å²) in [7, 11) is 0. The fourth-order valence-corrected chi connectivity index (χ4v) is 2.05. The van der Waals surface area contributed by atoms with Crippen molar-refractivity contribution < 1.29 is 5.11 Å². The minimum Gasteiger partial charge on any atom is -0.396 e. The minimum absolute atomic E-state index is 0.0578. The summed E-state index contributed by atoms with van der Waals surface area (Å²) in [5.74, 6) is 0.726. The fraction of sp³-hybridized carbons (Fsp3) is 0.400. The van der Waals surface area contributed by atoms with Crippen molar-refractivity contribution in [3.63, 3.8) is 0 Å². The van der Waals surface area contributed by atoms with Gasteiger partial charge in [-0.15, -0.1) is 11.8 Å². The summed E-state index contributed by atoms with van der Waals surface area (Å²) in [5.41, 5.74) is 6.96. The molecule has 0 amide bonds. The van der Waals surface area contributed by atoms with Crippen LogP contribution in [-0.2, 0) is 0 Å². The molecule has 1 aromatic rings. The molecular weight excluding hydrogens is 182 g/mol. The molecule has 3 N–H and O–H groups in total. The van der Waals surface area contributed by atoms with E-state index in [4.69, 9.17) is 10.8 Å². The lowest BCUT2D eigenvalue weighted by molar-refractivity contribution is 0.322. The number of benzene rings is 1. The Morgan fingerprint density at radius 3 is 2.77 bits per heavy atom. The average molecular weight is 197 g/mol. The Morgan fingerprint density at radius 2 is 2.15 bits per heavy atom. The third-order valence-electron chi connectivity index (χ3n) is 1.76. The van der Waals surface area contributed by atoms with E-state index in [1.54, 1.807) is 11.8 Å². The van der Waals surface area contributed by atoms with Crippen LogP contribution in [-0.4, -0.2) is 17.5 Å². The maximum atomic E-state index is 8.70. The molecule has 0 saturated carbocycles. The van der Waals surface area contributed by atoms with Crippen LogP contribution in [0, 0.1) is 0 Å². The van der Waals surface area contributed by atoms with Crippen molar-refractivity contribution in [2.45, 2.75) is 17.9 Å². The highest BCUT2D eigenvalue weighted by molar-refractivity contribution is 7.99. The molecule has 0 unspecified atom stereocenters. The highest BCUT2D eigenvalue weighted by Crippen LogP contribution is 2.25. The van der Waals surface area contributed by atoms with Crippen LogP contribution < -0.4 is 5.73 Å². The van der Waals surface area contributed by atoms with Gasteiger partial charge in [-0.3, -0.25) is 0 Å². The number of rotatable bonds is 4. The van der Waals surface area contributed by atoms with Crippen LogP contribution in [0.4, 0.5) is 0 Å². The topological polar surface area (TPSA) is 46.2 Å². The normalized spacial score (nSPS) is 12.8. The first-order valence-corrected chi connectivity index (χ1v) is 5.32. The molecule has 0 radical (unpaired) electrons. The second-order valence-electron chi connectivity index (χ2n) is 2.90. The first-order valence-electron chi connectivity index (χ1n) is 4.34. The predicted octanol–water partition coefficient (Wildman–Crippen LogP) is 1.79. The zero-order chi connectivity index (χ0) is 9.68. The minimum atomic E-state index is 0.0578. The van der Waals surface area contributed by atoms with Crippen LogP contribution in [0.5, 0.6) is 0 Å². The molecule has 3 heteroatoms. The molecule has 0 saturated heterocycles. The van der Waals surface area contributed by atoms with Crippen molar-refractivity contribution in [2.24, 2.45) is 5.73 Å². The van der Waals surface area contributed by atoms with E-state index >= 15 is 0 Å². The van der Waals surface area contributed by atoms with E-state index in [1.165, 1.54) is 4.90 Å². The molecule has 2 nitrogen and oxygen atoms in total. The highest BCUT2D eigenvalue weighted by atomic mass is 32.2. The molecule has 13 heavy (non-hydrogen) atoms. The van der Waals surface area contributed by atoms with E-state index in [0.717, 1.165) is 11.3 Å². The average Bonchev–Trinajstić information content (AvgIpc) is 2.15. The summed E-state index contributed by atoms with van der Waals surface area (Å²) < 4.78 is 0. The molecule has 0 spiro atoms. The van der Waals surface area contributed by atoms with Gasteiger partial charge in [-0.1, -0.05) is 18.2 Å². The van der Waals surface area contributed by atoms with Crippen molar-refractivity contribution in [1.82, 2.24) is 0 Å². The summed E-state index contributed by atoms with van der Waals surface area (Å²) >= 11 is 1.65. The van der Waals surface area contributed by atoms with Crippen molar-refractivity contribution in [3.8, 4) is 0 Å². The van der Waals surface area contributed by atoms with Crippen LogP contribution in [0.3, 0.4) is 0 Å². The lowest BCUT2D eigenvalue weighted by Gasteiger charge is -2.11. The monoisotopic (exact) mass is 197 g/mol. The van der Waals surface area contributed by atoms with Gasteiger partial charge in [0.1, 0.15) is 0 Å². The molecule has 0 aromatic heterocycles. The summed E-state index contributed by atoms with van der Waals surface area (Å²) in [5, 5.41) is 8.70. The molecule has 0 aliphatic heterocycles. The summed E-state index contributed by atoms with van der Waals surface area (Å²) in [6.07, 6.45) is 0. The summed E-state index contributed by atoms with van der Waals surface area (Å²) in [6, 6.07) is 8.11. The number of nitrogens with two attached hydrogens (primary N) is 1.